The van der Waals surface area contributed by atoms with Crippen molar-refractivity contribution in [2.75, 3.05) is 13.7 Å². The predicted molar refractivity (Wildman–Crippen MR) is 71.7 cm³/mol. The molecule has 1 fully saturated rings. The van der Waals surface area contributed by atoms with Crippen LogP contribution in [-0.4, -0.2) is 25.6 Å². The fourth-order valence-electron chi connectivity index (χ4n) is 2.64. The largest absolute Gasteiger partial charge is 0.453 e. The average molecular weight is 266 g/mol. The minimum atomic E-state index is -0.160. The summed E-state index contributed by atoms with van der Waals surface area (Å²) in [6, 6.07) is 3.62. The molecular weight excluding hydrogens is 244 g/mol. The zero-order valence-corrected chi connectivity index (χ0v) is 11.4. The molecule has 5 heteroatoms. The van der Waals surface area contributed by atoms with E-state index in [1.807, 2.05) is 0 Å². The molecule has 1 aromatic heterocycles. The molecule has 0 saturated heterocycles. The van der Waals surface area contributed by atoms with Crippen LogP contribution in [0, 0.1) is 5.92 Å². The van der Waals surface area contributed by atoms with Gasteiger partial charge in [-0.15, -0.1) is 0 Å². The van der Waals surface area contributed by atoms with Crippen molar-refractivity contribution in [1.29, 1.82) is 0 Å². The first-order chi connectivity index (χ1) is 9.24. The summed E-state index contributed by atoms with van der Waals surface area (Å²) in [5.41, 5.74) is 5.76. The standard InChI is InChI=1S/C14H22N2O3/c1-18-9-11-6-7-13(19-11)14(17)16-12-5-3-2-4-10(12)8-15/h6-7,10,12H,2-5,8-9,15H2,1H3,(H,16,17). The molecule has 0 aromatic carbocycles. The quantitative estimate of drug-likeness (QED) is 0.850. The summed E-state index contributed by atoms with van der Waals surface area (Å²) in [6.07, 6.45) is 4.44. The van der Waals surface area contributed by atoms with Crippen LogP contribution in [0.4, 0.5) is 0 Å². The minimum Gasteiger partial charge on any atom is -0.453 e. The minimum absolute atomic E-state index is 0.160. The van der Waals surface area contributed by atoms with Crippen LogP contribution >= 0.6 is 0 Å². The Morgan fingerprint density at radius 1 is 1.47 bits per heavy atom. The molecule has 1 heterocycles. The summed E-state index contributed by atoms with van der Waals surface area (Å²) >= 11 is 0. The normalized spacial score (nSPS) is 23.3. The molecule has 1 aromatic rings. The smallest absolute Gasteiger partial charge is 0.287 e. The lowest BCUT2D eigenvalue weighted by atomic mass is 9.84. The van der Waals surface area contributed by atoms with E-state index in [0.29, 0.717) is 30.6 Å². The maximum atomic E-state index is 12.1. The molecule has 1 amide bonds. The Bertz CT molecular complexity index is 417. The second kappa shape index (κ2) is 6.73. The molecule has 2 rings (SSSR count). The number of hydrogen-bond acceptors (Lipinski definition) is 4. The van der Waals surface area contributed by atoms with E-state index >= 15 is 0 Å². The zero-order valence-electron chi connectivity index (χ0n) is 11.4. The lowest BCUT2D eigenvalue weighted by Gasteiger charge is -2.30. The highest BCUT2D eigenvalue weighted by atomic mass is 16.5. The summed E-state index contributed by atoms with van der Waals surface area (Å²) in [4.78, 5) is 12.1. The maximum Gasteiger partial charge on any atom is 0.287 e. The van der Waals surface area contributed by atoms with Gasteiger partial charge < -0.3 is 20.2 Å². The van der Waals surface area contributed by atoms with Crippen molar-refractivity contribution in [1.82, 2.24) is 5.32 Å². The van der Waals surface area contributed by atoms with E-state index in [9.17, 15) is 4.79 Å². The SMILES string of the molecule is COCc1ccc(C(=O)NC2CCCCC2CN)o1. The Morgan fingerprint density at radius 2 is 2.26 bits per heavy atom. The van der Waals surface area contributed by atoms with Gasteiger partial charge in [-0.05, 0) is 37.4 Å². The maximum absolute atomic E-state index is 12.1. The Morgan fingerprint density at radius 3 is 3.00 bits per heavy atom. The molecule has 2 atom stereocenters. The molecule has 1 aliphatic rings. The highest BCUT2D eigenvalue weighted by Gasteiger charge is 2.26. The van der Waals surface area contributed by atoms with Gasteiger partial charge in [0, 0.05) is 13.2 Å². The second-order valence-electron chi connectivity index (χ2n) is 5.06. The molecular formula is C14H22N2O3. The molecule has 106 valence electrons. The highest BCUT2D eigenvalue weighted by Crippen LogP contribution is 2.24. The van der Waals surface area contributed by atoms with Crippen molar-refractivity contribution in [2.24, 2.45) is 11.7 Å². The van der Waals surface area contributed by atoms with Gasteiger partial charge in [0.25, 0.3) is 5.91 Å². The fourth-order valence-corrected chi connectivity index (χ4v) is 2.64. The van der Waals surface area contributed by atoms with Gasteiger partial charge >= 0.3 is 0 Å². The first-order valence-corrected chi connectivity index (χ1v) is 6.83. The number of ether oxygens (including phenoxy) is 1. The third kappa shape index (κ3) is 3.58. The molecule has 3 N–H and O–H groups in total. The average Bonchev–Trinajstić information content (AvgIpc) is 2.88. The third-order valence-electron chi connectivity index (χ3n) is 3.70. The summed E-state index contributed by atoms with van der Waals surface area (Å²) in [5, 5.41) is 3.04. The van der Waals surface area contributed by atoms with E-state index in [4.69, 9.17) is 14.9 Å². The Balaban J connectivity index is 1.95. The topological polar surface area (TPSA) is 77.5 Å². The van der Waals surface area contributed by atoms with Crippen LogP contribution in [0.5, 0.6) is 0 Å². The number of amides is 1. The molecule has 1 aliphatic carbocycles. The number of furan rings is 1. The van der Waals surface area contributed by atoms with Crippen molar-refractivity contribution in [3.63, 3.8) is 0 Å². The number of hydrogen-bond donors (Lipinski definition) is 2. The van der Waals surface area contributed by atoms with Gasteiger partial charge in [0.1, 0.15) is 12.4 Å². The van der Waals surface area contributed by atoms with Crippen LogP contribution in [0.1, 0.15) is 42.0 Å². The van der Waals surface area contributed by atoms with E-state index in [1.54, 1.807) is 19.2 Å². The molecule has 0 aliphatic heterocycles. The zero-order chi connectivity index (χ0) is 13.7. The Kier molecular flexibility index (Phi) is 4.99. The van der Waals surface area contributed by atoms with Crippen molar-refractivity contribution in [2.45, 2.75) is 38.3 Å². The van der Waals surface area contributed by atoms with E-state index in [0.717, 1.165) is 19.3 Å². The summed E-state index contributed by atoms with van der Waals surface area (Å²) < 4.78 is 10.4. The first kappa shape index (κ1) is 14.1. The molecule has 2 unspecified atom stereocenters. The highest BCUT2D eigenvalue weighted by molar-refractivity contribution is 5.91. The number of nitrogens with one attached hydrogen (secondary N) is 1. The van der Waals surface area contributed by atoms with Crippen molar-refractivity contribution in [3.8, 4) is 0 Å². The lowest BCUT2D eigenvalue weighted by molar-refractivity contribution is 0.0871. The lowest BCUT2D eigenvalue weighted by Crippen LogP contribution is -2.44. The van der Waals surface area contributed by atoms with Crippen LogP contribution in [0.2, 0.25) is 0 Å². The van der Waals surface area contributed by atoms with Crippen LogP contribution < -0.4 is 11.1 Å². The molecule has 1 saturated carbocycles. The molecule has 0 spiro atoms. The van der Waals surface area contributed by atoms with Crippen molar-refractivity contribution < 1.29 is 13.9 Å². The van der Waals surface area contributed by atoms with E-state index in [2.05, 4.69) is 5.32 Å². The van der Waals surface area contributed by atoms with Gasteiger partial charge in [-0.3, -0.25) is 4.79 Å². The summed E-state index contributed by atoms with van der Waals surface area (Å²) in [6.45, 7) is 1.00. The van der Waals surface area contributed by atoms with Crippen LogP contribution in [-0.2, 0) is 11.3 Å². The monoisotopic (exact) mass is 266 g/mol. The van der Waals surface area contributed by atoms with Crippen molar-refractivity contribution >= 4 is 5.91 Å². The molecule has 5 nitrogen and oxygen atoms in total. The molecule has 0 radical (unpaired) electrons. The van der Waals surface area contributed by atoms with E-state index in [1.165, 1.54) is 6.42 Å². The Hall–Kier alpha value is -1.33. The number of methoxy groups -OCH3 is 1. The van der Waals surface area contributed by atoms with E-state index < -0.39 is 0 Å². The number of nitrogens with two attached hydrogens (primary N) is 1. The predicted octanol–water partition coefficient (Wildman–Crippen LogP) is 1.67. The summed E-state index contributed by atoms with van der Waals surface area (Å²) in [7, 11) is 1.59. The Labute approximate surface area is 113 Å². The van der Waals surface area contributed by atoms with Gasteiger partial charge in [-0.1, -0.05) is 12.8 Å². The fraction of sp³-hybridized carbons (Fsp3) is 0.643. The van der Waals surface area contributed by atoms with Crippen LogP contribution in [0.25, 0.3) is 0 Å². The number of carbonyl (C=O) groups excluding carboxylic acids is 1. The second-order valence-corrected chi connectivity index (χ2v) is 5.06. The number of carbonyl (C=O) groups is 1. The van der Waals surface area contributed by atoms with Gasteiger partial charge in [-0.2, -0.15) is 0 Å². The molecule has 0 bridgehead atoms. The van der Waals surface area contributed by atoms with Gasteiger partial charge in [0.2, 0.25) is 0 Å². The van der Waals surface area contributed by atoms with E-state index in [-0.39, 0.29) is 11.9 Å². The third-order valence-corrected chi connectivity index (χ3v) is 3.70. The summed E-state index contributed by atoms with van der Waals surface area (Å²) in [5.74, 6) is 1.22. The van der Waals surface area contributed by atoms with Crippen LogP contribution in [0.3, 0.4) is 0 Å². The first-order valence-electron chi connectivity index (χ1n) is 6.83. The van der Waals surface area contributed by atoms with Gasteiger partial charge in [0.05, 0.1) is 0 Å². The van der Waals surface area contributed by atoms with Crippen LogP contribution in [0.15, 0.2) is 16.5 Å². The molecule has 19 heavy (non-hydrogen) atoms. The number of rotatable bonds is 5. The van der Waals surface area contributed by atoms with Gasteiger partial charge in [-0.25, -0.2) is 0 Å². The van der Waals surface area contributed by atoms with Gasteiger partial charge in [0.15, 0.2) is 5.76 Å². The van der Waals surface area contributed by atoms with Crippen molar-refractivity contribution in [3.05, 3.63) is 23.7 Å².